The van der Waals surface area contributed by atoms with Crippen LogP contribution in [0.25, 0.3) is 0 Å². The van der Waals surface area contributed by atoms with E-state index in [1.54, 1.807) is 12.1 Å². The van der Waals surface area contributed by atoms with E-state index in [4.69, 9.17) is 9.15 Å². The number of benzene rings is 1. The maximum absolute atomic E-state index is 11.6. The van der Waals surface area contributed by atoms with Crippen molar-refractivity contribution in [3.05, 3.63) is 54.0 Å². The van der Waals surface area contributed by atoms with Crippen LogP contribution in [0.1, 0.15) is 23.8 Å². The van der Waals surface area contributed by atoms with Crippen LogP contribution in [0, 0.1) is 6.92 Å². The molecule has 0 radical (unpaired) electrons. The molecule has 0 unspecified atom stereocenters. The number of nitrogens with one attached hydrogen (secondary N) is 1. The Hall–Kier alpha value is -2.27. The lowest BCUT2D eigenvalue weighted by Crippen LogP contribution is -2.30. The second-order valence-electron chi connectivity index (χ2n) is 4.77. The van der Waals surface area contributed by atoms with Crippen molar-refractivity contribution >= 4 is 5.91 Å². The van der Waals surface area contributed by atoms with Crippen molar-refractivity contribution in [3.8, 4) is 5.75 Å². The molecule has 5 nitrogen and oxygen atoms in total. The van der Waals surface area contributed by atoms with E-state index in [1.165, 1.54) is 6.26 Å². The molecule has 2 aromatic rings. The van der Waals surface area contributed by atoms with E-state index in [2.05, 4.69) is 5.32 Å². The van der Waals surface area contributed by atoms with Gasteiger partial charge >= 0.3 is 0 Å². The van der Waals surface area contributed by atoms with E-state index >= 15 is 0 Å². The number of hydrogen-bond donors (Lipinski definition) is 2. The van der Waals surface area contributed by atoms with Gasteiger partial charge in [0.25, 0.3) is 5.91 Å². The Labute approximate surface area is 123 Å². The van der Waals surface area contributed by atoms with Gasteiger partial charge in [-0.1, -0.05) is 17.7 Å². The molecule has 0 aliphatic carbocycles. The van der Waals surface area contributed by atoms with Crippen LogP contribution in [0.4, 0.5) is 0 Å². The molecule has 0 saturated heterocycles. The van der Waals surface area contributed by atoms with Crippen LogP contribution in [-0.4, -0.2) is 24.2 Å². The average Bonchev–Trinajstić information content (AvgIpc) is 3.01. The second-order valence-corrected chi connectivity index (χ2v) is 4.77. The summed E-state index contributed by atoms with van der Waals surface area (Å²) in [7, 11) is 0. The molecule has 1 heterocycles. The Morgan fingerprint density at radius 2 is 2.10 bits per heavy atom. The lowest BCUT2D eigenvalue weighted by atomic mass is 10.2. The number of hydrogen-bond acceptors (Lipinski definition) is 4. The van der Waals surface area contributed by atoms with E-state index in [0.29, 0.717) is 24.5 Å². The van der Waals surface area contributed by atoms with Crippen molar-refractivity contribution in [1.29, 1.82) is 0 Å². The first-order valence-corrected chi connectivity index (χ1v) is 6.83. The van der Waals surface area contributed by atoms with Gasteiger partial charge in [0.15, 0.2) is 6.61 Å². The van der Waals surface area contributed by atoms with Crippen LogP contribution < -0.4 is 10.1 Å². The molecule has 0 fully saturated rings. The van der Waals surface area contributed by atoms with Crippen molar-refractivity contribution in [1.82, 2.24) is 5.32 Å². The third-order valence-corrected chi connectivity index (χ3v) is 3.00. The molecule has 1 atom stereocenters. The van der Waals surface area contributed by atoms with E-state index in [1.807, 2.05) is 31.2 Å². The van der Waals surface area contributed by atoms with Crippen LogP contribution in [0.2, 0.25) is 0 Å². The van der Waals surface area contributed by atoms with Gasteiger partial charge in [-0.25, -0.2) is 0 Å². The minimum Gasteiger partial charge on any atom is -0.484 e. The lowest BCUT2D eigenvalue weighted by Gasteiger charge is -2.10. The summed E-state index contributed by atoms with van der Waals surface area (Å²) < 4.78 is 10.4. The molecule has 1 aromatic carbocycles. The van der Waals surface area contributed by atoms with Crippen LogP contribution in [0.5, 0.6) is 5.75 Å². The molecule has 0 bridgehead atoms. The predicted octanol–water partition coefficient (Wildman–Crippen LogP) is 2.21. The maximum Gasteiger partial charge on any atom is 0.257 e. The highest BCUT2D eigenvalue weighted by atomic mass is 16.5. The van der Waals surface area contributed by atoms with Crippen molar-refractivity contribution in [3.63, 3.8) is 0 Å². The number of carbonyl (C=O) groups excluding carboxylic acids is 1. The Kier molecular flexibility index (Phi) is 5.40. The molecule has 1 amide bonds. The van der Waals surface area contributed by atoms with Crippen molar-refractivity contribution in [2.24, 2.45) is 0 Å². The van der Waals surface area contributed by atoms with Crippen LogP contribution in [-0.2, 0) is 4.79 Å². The highest BCUT2D eigenvalue weighted by Gasteiger charge is 2.10. The molecule has 0 spiro atoms. The molecule has 0 aliphatic rings. The summed E-state index contributed by atoms with van der Waals surface area (Å²) in [6, 6.07) is 10.9. The highest BCUT2D eigenvalue weighted by Crippen LogP contribution is 2.15. The molecule has 5 heteroatoms. The van der Waals surface area contributed by atoms with Gasteiger partial charge in [0.1, 0.15) is 17.6 Å². The monoisotopic (exact) mass is 289 g/mol. The first-order chi connectivity index (χ1) is 10.1. The number of amides is 1. The quantitative estimate of drug-likeness (QED) is 0.819. The smallest absolute Gasteiger partial charge is 0.257 e. The van der Waals surface area contributed by atoms with E-state index in [0.717, 1.165) is 5.56 Å². The normalized spacial score (nSPS) is 11.9. The number of furan rings is 1. The zero-order valence-electron chi connectivity index (χ0n) is 11.9. The summed E-state index contributed by atoms with van der Waals surface area (Å²) in [5.74, 6) is 0.939. The minimum atomic E-state index is -0.710. The number of aliphatic hydroxyl groups is 1. The van der Waals surface area contributed by atoms with Crippen LogP contribution in [0.3, 0.4) is 0 Å². The van der Waals surface area contributed by atoms with E-state index < -0.39 is 6.10 Å². The van der Waals surface area contributed by atoms with Crippen LogP contribution in [0.15, 0.2) is 47.1 Å². The van der Waals surface area contributed by atoms with Gasteiger partial charge in [-0.05, 0) is 37.6 Å². The van der Waals surface area contributed by atoms with Crippen molar-refractivity contribution in [2.45, 2.75) is 19.4 Å². The number of carbonyl (C=O) groups is 1. The number of ether oxygens (including phenoxy) is 1. The highest BCUT2D eigenvalue weighted by molar-refractivity contribution is 5.77. The summed E-state index contributed by atoms with van der Waals surface area (Å²) in [4.78, 5) is 11.6. The van der Waals surface area contributed by atoms with Gasteiger partial charge in [-0.3, -0.25) is 4.79 Å². The maximum atomic E-state index is 11.6. The SMILES string of the molecule is Cc1ccc(OCC(=O)NCC[C@H](O)c2ccco2)cc1. The number of aliphatic hydroxyl groups excluding tert-OH is 1. The van der Waals surface area contributed by atoms with Gasteiger partial charge in [0.2, 0.25) is 0 Å². The molecular weight excluding hydrogens is 270 g/mol. The summed E-state index contributed by atoms with van der Waals surface area (Å²) in [5, 5.41) is 12.5. The Bertz CT molecular complexity index is 548. The van der Waals surface area contributed by atoms with Crippen LogP contribution >= 0.6 is 0 Å². The second kappa shape index (κ2) is 7.50. The molecule has 0 saturated carbocycles. The van der Waals surface area contributed by atoms with Gasteiger partial charge in [-0.2, -0.15) is 0 Å². The topological polar surface area (TPSA) is 71.7 Å². The van der Waals surface area contributed by atoms with Gasteiger partial charge in [-0.15, -0.1) is 0 Å². The van der Waals surface area contributed by atoms with Gasteiger partial charge in [0.05, 0.1) is 6.26 Å². The molecule has 2 rings (SSSR count). The summed E-state index contributed by atoms with van der Waals surface area (Å²) in [6.45, 7) is 2.30. The molecule has 112 valence electrons. The fourth-order valence-corrected chi connectivity index (χ4v) is 1.81. The molecule has 2 N–H and O–H groups in total. The molecular formula is C16H19NO4. The predicted molar refractivity (Wildman–Crippen MR) is 78.0 cm³/mol. The minimum absolute atomic E-state index is 0.0418. The lowest BCUT2D eigenvalue weighted by molar-refractivity contribution is -0.123. The van der Waals surface area contributed by atoms with Crippen molar-refractivity contribution < 1.29 is 19.1 Å². The number of aryl methyl sites for hydroxylation is 1. The molecule has 1 aromatic heterocycles. The largest absolute Gasteiger partial charge is 0.484 e. The van der Waals surface area contributed by atoms with E-state index in [9.17, 15) is 9.90 Å². The Morgan fingerprint density at radius 1 is 1.33 bits per heavy atom. The molecule has 0 aliphatic heterocycles. The zero-order chi connectivity index (χ0) is 15.1. The third kappa shape index (κ3) is 4.96. The molecule has 21 heavy (non-hydrogen) atoms. The van der Waals surface area contributed by atoms with Gasteiger partial charge < -0.3 is 19.6 Å². The Balaban J connectivity index is 1.64. The fourth-order valence-electron chi connectivity index (χ4n) is 1.81. The third-order valence-electron chi connectivity index (χ3n) is 3.00. The first-order valence-electron chi connectivity index (χ1n) is 6.83. The van der Waals surface area contributed by atoms with E-state index in [-0.39, 0.29) is 12.5 Å². The number of rotatable bonds is 7. The summed E-state index contributed by atoms with van der Waals surface area (Å²) in [5.41, 5.74) is 1.14. The van der Waals surface area contributed by atoms with Crippen molar-refractivity contribution in [2.75, 3.05) is 13.2 Å². The summed E-state index contributed by atoms with van der Waals surface area (Å²) in [6.07, 6.45) is 1.19. The fraction of sp³-hybridized carbons (Fsp3) is 0.312. The average molecular weight is 289 g/mol. The first kappa shape index (κ1) is 15.1. The standard InChI is InChI=1S/C16H19NO4/c1-12-4-6-13(7-5-12)21-11-16(19)17-9-8-14(18)15-3-2-10-20-15/h2-7,10,14,18H,8-9,11H2,1H3,(H,17,19)/t14-/m0/s1. The Morgan fingerprint density at radius 3 is 2.76 bits per heavy atom. The summed E-state index contributed by atoms with van der Waals surface area (Å²) >= 11 is 0. The van der Waals surface area contributed by atoms with Gasteiger partial charge in [0, 0.05) is 6.54 Å². The zero-order valence-corrected chi connectivity index (χ0v) is 11.9.